The van der Waals surface area contributed by atoms with E-state index >= 15 is 0 Å². The lowest BCUT2D eigenvalue weighted by atomic mass is 10.1. The third kappa shape index (κ3) is 2.87. The van der Waals surface area contributed by atoms with Gasteiger partial charge in [-0.1, -0.05) is 47.5 Å². The van der Waals surface area contributed by atoms with Crippen molar-refractivity contribution < 1.29 is 4.74 Å². The molecule has 0 saturated carbocycles. The van der Waals surface area contributed by atoms with E-state index in [1.165, 1.54) is 7.05 Å². The van der Waals surface area contributed by atoms with Gasteiger partial charge in [0.1, 0.15) is 5.75 Å². The second-order valence-electron chi connectivity index (χ2n) is 8.49. The van der Waals surface area contributed by atoms with Gasteiger partial charge in [0, 0.05) is 19.1 Å². The summed E-state index contributed by atoms with van der Waals surface area (Å²) in [7, 11) is 3.21. The van der Waals surface area contributed by atoms with E-state index in [1.54, 1.807) is 29.0 Å². The largest absolute Gasteiger partial charge is 0.476 e. The number of nitrogens with zero attached hydrogens (tertiary/aromatic N) is 3. The Hall–Kier alpha value is -3.55. The van der Waals surface area contributed by atoms with Gasteiger partial charge in [-0.15, -0.1) is 11.3 Å². The van der Waals surface area contributed by atoms with Crippen LogP contribution in [0.2, 0.25) is 5.02 Å². The highest BCUT2D eigenvalue weighted by Crippen LogP contribution is 2.47. The number of halogens is 1. The maximum Gasteiger partial charge on any atom is 0.331 e. The minimum Gasteiger partial charge on any atom is -0.476 e. The molecule has 4 heterocycles. The third-order valence-corrected chi connectivity index (χ3v) is 7.54. The average molecular weight is 490 g/mol. The van der Waals surface area contributed by atoms with Crippen molar-refractivity contribution in [2.45, 2.75) is 13.0 Å². The topological polar surface area (TPSA) is 58.2 Å². The molecule has 0 unspecified atom stereocenters. The molecule has 2 aromatic carbocycles. The predicted octanol–water partition coefficient (Wildman–Crippen LogP) is 5.20. The molecule has 1 aliphatic rings. The van der Waals surface area contributed by atoms with Gasteiger partial charge in [0.25, 0.3) is 5.56 Å². The van der Waals surface area contributed by atoms with E-state index in [9.17, 15) is 9.59 Å². The molecule has 8 heteroatoms. The van der Waals surface area contributed by atoms with E-state index in [2.05, 4.69) is 0 Å². The van der Waals surface area contributed by atoms with Crippen LogP contribution in [0, 0.1) is 6.92 Å². The summed E-state index contributed by atoms with van der Waals surface area (Å²) in [6.07, 6.45) is -0.493. The first-order valence-electron chi connectivity index (χ1n) is 10.8. The molecule has 6 nitrogen and oxygen atoms in total. The highest BCUT2D eigenvalue weighted by molar-refractivity contribution is 7.10. The van der Waals surface area contributed by atoms with Crippen LogP contribution in [-0.4, -0.2) is 13.7 Å². The SMILES string of the molecule is Cc1ccc(-c2c3c(=O)n(C)c(=O)n(C)c3c3n2-c2cc(Cl)ccc2O[C@H]3c2cccs2)cc1. The van der Waals surface area contributed by atoms with Crippen LogP contribution >= 0.6 is 22.9 Å². The fourth-order valence-corrected chi connectivity index (χ4v) is 5.67. The van der Waals surface area contributed by atoms with Gasteiger partial charge in [0.2, 0.25) is 0 Å². The van der Waals surface area contributed by atoms with Crippen molar-refractivity contribution >= 4 is 33.8 Å². The van der Waals surface area contributed by atoms with Gasteiger partial charge in [-0.2, -0.15) is 0 Å². The quantitative estimate of drug-likeness (QED) is 0.342. The van der Waals surface area contributed by atoms with Crippen molar-refractivity contribution in [1.29, 1.82) is 0 Å². The molecule has 170 valence electrons. The number of rotatable bonds is 2. The second kappa shape index (κ2) is 7.48. The Bertz CT molecular complexity index is 1710. The molecule has 5 aromatic rings. The lowest BCUT2D eigenvalue weighted by Gasteiger charge is -2.29. The molecule has 0 bridgehead atoms. The summed E-state index contributed by atoms with van der Waals surface area (Å²) < 4.78 is 11.3. The zero-order valence-corrected chi connectivity index (χ0v) is 20.3. The van der Waals surface area contributed by atoms with Crippen LogP contribution in [0.15, 0.2) is 69.6 Å². The zero-order valence-electron chi connectivity index (χ0n) is 18.7. The predicted molar refractivity (Wildman–Crippen MR) is 136 cm³/mol. The van der Waals surface area contributed by atoms with Gasteiger partial charge in [0.05, 0.1) is 32.9 Å². The van der Waals surface area contributed by atoms with E-state index in [-0.39, 0.29) is 11.2 Å². The van der Waals surface area contributed by atoms with E-state index in [4.69, 9.17) is 16.3 Å². The number of fused-ring (bicyclic) bond motifs is 5. The fraction of sp³-hybridized carbons (Fsp3) is 0.154. The average Bonchev–Trinajstić information content (AvgIpc) is 3.48. The Kier molecular flexibility index (Phi) is 4.62. The number of hydrogen-bond donors (Lipinski definition) is 0. The number of benzene rings is 2. The minimum absolute atomic E-state index is 0.343. The van der Waals surface area contributed by atoms with Crippen LogP contribution in [0.1, 0.15) is 22.2 Å². The summed E-state index contributed by atoms with van der Waals surface area (Å²) in [5, 5.41) is 3.02. The standard InChI is InChI=1S/C26H20ClN3O3S/c1-14-6-8-15(9-7-14)21-20-22(28(2)26(32)29(3)25(20)31)23-24(19-5-4-12-34-19)33-18-11-10-16(27)13-17(18)30(21)23/h4-13,24H,1-3H3/t24-/m0/s1. The first kappa shape index (κ1) is 21.0. The normalized spacial score (nSPS) is 14.6. The Morgan fingerprint density at radius 2 is 1.76 bits per heavy atom. The lowest BCUT2D eigenvalue weighted by molar-refractivity contribution is 0.233. The summed E-state index contributed by atoms with van der Waals surface area (Å²) in [5.74, 6) is 0.658. The molecule has 0 saturated heterocycles. The highest BCUT2D eigenvalue weighted by atomic mass is 35.5. The Balaban J connectivity index is 1.89. The summed E-state index contributed by atoms with van der Waals surface area (Å²) >= 11 is 7.99. The van der Waals surface area contributed by atoms with Gasteiger partial charge < -0.3 is 9.30 Å². The first-order chi connectivity index (χ1) is 16.4. The van der Waals surface area contributed by atoms with Gasteiger partial charge >= 0.3 is 5.69 Å². The molecule has 0 aliphatic carbocycles. The second-order valence-corrected chi connectivity index (χ2v) is 9.91. The summed E-state index contributed by atoms with van der Waals surface area (Å²) in [5.41, 5.74) is 4.00. The molecule has 0 amide bonds. The monoisotopic (exact) mass is 489 g/mol. The Labute approximate surface area is 203 Å². The number of aryl methyl sites for hydroxylation is 2. The van der Waals surface area contributed by atoms with E-state index in [1.807, 2.05) is 65.4 Å². The maximum atomic E-state index is 13.6. The summed E-state index contributed by atoms with van der Waals surface area (Å²) in [6.45, 7) is 2.02. The van der Waals surface area contributed by atoms with Crippen molar-refractivity contribution in [3.63, 3.8) is 0 Å². The molecule has 6 rings (SSSR count). The van der Waals surface area contributed by atoms with Crippen LogP contribution in [0.3, 0.4) is 0 Å². The summed E-state index contributed by atoms with van der Waals surface area (Å²) in [4.78, 5) is 27.6. The van der Waals surface area contributed by atoms with Gasteiger partial charge in [-0.25, -0.2) is 4.79 Å². The molecule has 0 N–H and O–H groups in total. The molecular formula is C26H20ClN3O3S. The van der Waals surface area contributed by atoms with E-state index in [0.29, 0.717) is 21.7 Å². The van der Waals surface area contributed by atoms with Crippen LogP contribution in [0.4, 0.5) is 0 Å². The first-order valence-corrected chi connectivity index (χ1v) is 12.0. The molecule has 1 aliphatic heterocycles. The zero-order chi connectivity index (χ0) is 23.7. The van der Waals surface area contributed by atoms with Crippen LogP contribution in [0.5, 0.6) is 5.75 Å². The Morgan fingerprint density at radius 3 is 2.47 bits per heavy atom. The molecule has 34 heavy (non-hydrogen) atoms. The summed E-state index contributed by atoms with van der Waals surface area (Å²) in [6, 6.07) is 17.5. The number of thiophene rings is 1. The van der Waals surface area contributed by atoms with Crippen LogP contribution in [-0.2, 0) is 14.1 Å². The van der Waals surface area contributed by atoms with Crippen molar-refractivity contribution in [3.05, 3.63) is 102 Å². The molecular weight excluding hydrogens is 470 g/mol. The van der Waals surface area contributed by atoms with Crippen LogP contribution in [0.25, 0.3) is 27.8 Å². The molecule has 0 spiro atoms. The molecule has 3 aromatic heterocycles. The smallest absolute Gasteiger partial charge is 0.331 e. The lowest BCUT2D eigenvalue weighted by Crippen LogP contribution is -2.37. The van der Waals surface area contributed by atoms with Crippen molar-refractivity contribution in [2.24, 2.45) is 14.1 Å². The van der Waals surface area contributed by atoms with Crippen molar-refractivity contribution in [3.8, 4) is 22.7 Å². The van der Waals surface area contributed by atoms with Gasteiger partial charge in [-0.3, -0.25) is 13.9 Å². The molecule has 0 radical (unpaired) electrons. The van der Waals surface area contributed by atoms with E-state index < -0.39 is 6.10 Å². The molecule has 1 atom stereocenters. The number of aromatic nitrogens is 3. The van der Waals surface area contributed by atoms with Gasteiger partial charge in [0.15, 0.2) is 6.10 Å². The Morgan fingerprint density at radius 1 is 1.00 bits per heavy atom. The highest BCUT2D eigenvalue weighted by Gasteiger charge is 2.36. The molecule has 0 fully saturated rings. The third-order valence-electron chi connectivity index (χ3n) is 6.39. The van der Waals surface area contributed by atoms with E-state index in [0.717, 1.165) is 37.6 Å². The van der Waals surface area contributed by atoms with Gasteiger partial charge in [-0.05, 0) is 42.1 Å². The number of hydrogen-bond acceptors (Lipinski definition) is 4. The van der Waals surface area contributed by atoms with Crippen molar-refractivity contribution in [2.75, 3.05) is 0 Å². The van der Waals surface area contributed by atoms with Crippen molar-refractivity contribution in [1.82, 2.24) is 13.7 Å². The maximum absolute atomic E-state index is 13.6. The van der Waals surface area contributed by atoms with Crippen LogP contribution < -0.4 is 16.0 Å². The number of ether oxygens (including phenoxy) is 1. The minimum atomic E-state index is -0.493. The fourth-order valence-electron chi connectivity index (χ4n) is 4.75.